The lowest BCUT2D eigenvalue weighted by Crippen LogP contribution is -2.30. The van der Waals surface area contributed by atoms with Crippen LogP contribution >= 0.6 is 0 Å². The Morgan fingerprint density at radius 1 is 1.56 bits per heavy atom. The van der Waals surface area contributed by atoms with Gasteiger partial charge in [-0.25, -0.2) is 0 Å². The van der Waals surface area contributed by atoms with Crippen LogP contribution in [-0.4, -0.2) is 34.5 Å². The largest absolute Gasteiger partial charge is 0.385 e. The number of aliphatic hydroxyl groups is 2. The van der Waals surface area contributed by atoms with Crippen molar-refractivity contribution in [2.75, 3.05) is 0 Å². The second-order valence-electron chi connectivity index (χ2n) is 1.66. The first-order valence-electron chi connectivity index (χ1n) is 2.44. The van der Waals surface area contributed by atoms with E-state index >= 15 is 0 Å². The molecule has 0 aliphatic carbocycles. The molecule has 0 spiro atoms. The maximum Gasteiger partial charge on any atom is 0.196 e. The van der Waals surface area contributed by atoms with E-state index in [1.165, 1.54) is 6.92 Å². The van der Waals surface area contributed by atoms with Crippen LogP contribution in [0.1, 0.15) is 6.92 Å². The van der Waals surface area contributed by atoms with E-state index in [0.29, 0.717) is 0 Å². The van der Waals surface area contributed by atoms with Gasteiger partial charge in [0.1, 0.15) is 6.10 Å². The van der Waals surface area contributed by atoms with Gasteiger partial charge in [-0.1, -0.05) is 0 Å². The van der Waals surface area contributed by atoms with Gasteiger partial charge in [0, 0.05) is 0 Å². The lowest BCUT2D eigenvalue weighted by atomic mass is 10.2. The molecule has 0 fully saturated rings. The highest BCUT2D eigenvalue weighted by Crippen LogP contribution is 1.87. The summed E-state index contributed by atoms with van der Waals surface area (Å²) < 4.78 is 0. The van der Waals surface area contributed by atoms with Gasteiger partial charge >= 0.3 is 0 Å². The number of rotatable bonds is 3. The number of aldehydes is 1. The average Bonchev–Trinajstić information content (AvgIpc) is 1.84. The maximum absolute atomic E-state index is 10.3. The highest BCUT2D eigenvalue weighted by atomic mass is 16.3. The van der Waals surface area contributed by atoms with Crippen LogP contribution in [-0.2, 0) is 9.59 Å². The molecule has 0 radical (unpaired) electrons. The molecule has 0 aromatic carbocycles. The van der Waals surface area contributed by atoms with Crippen molar-refractivity contribution >= 4 is 12.1 Å². The van der Waals surface area contributed by atoms with E-state index in [0.717, 1.165) is 0 Å². The fourth-order valence-corrected chi connectivity index (χ4v) is 0.314. The molecule has 0 aromatic rings. The summed E-state index contributed by atoms with van der Waals surface area (Å²) in [7, 11) is 0. The second kappa shape index (κ2) is 3.32. The molecular weight excluding hydrogens is 124 g/mol. The van der Waals surface area contributed by atoms with Crippen LogP contribution in [0.5, 0.6) is 0 Å². The Balaban J connectivity index is 3.87. The lowest BCUT2D eigenvalue weighted by molar-refractivity contribution is -0.138. The molecular formula is C5H8O4. The molecule has 0 aliphatic heterocycles. The van der Waals surface area contributed by atoms with Crippen molar-refractivity contribution in [1.29, 1.82) is 0 Å². The first-order valence-corrected chi connectivity index (χ1v) is 2.44. The molecule has 0 aliphatic rings. The minimum atomic E-state index is -1.68. The molecule has 0 rings (SSSR count). The SMILES string of the molecule is C[C@@H](O)C(=O)[C@@H](O)C=O. The molecule has 0 saturated carbocycles. The van der Waals surface area contributed by atoms with Gasteiger partial charge in [0.2, 0.25) is 0 Å². The van der Waals surface area contributed by atoms with E-state index in [-0.39, 0.29) is 6.29 Å². The summed E-state index contributed by atoms with van der Waals surface area (Å²) in [6.45, 7) is 1.19. The Morgan fingerprint density at radius 3 is 2.11 bits per heavy atom. The number of ketones is 1. The van der Waals surface area contributed by atoms with Gasteiger partial charge in [0.15, 0.2) is 18.2 Å². The number of Topliss-reactive ketones (excluding diaryl/α,β-unsaturated/α-hetero) is 1. The molecule has 0 heterocycles. The number of aliphatic hydroxyl groups excluding tert-OH is 2. The summed E-state index contributed by atoms with van der Waals surface area (Å²) in [5.41, 5.74) is 0. The highest BCUT2D eigenvalue weighted by Gasteiger charge is 2.17. The molecule has 4 nitrogen and oxygen atoms in total. The molecule has 0 aromatic heterocycles. The third-order valence-corrected chi connectivity index (χ3v) is 0.832. The Labute approximate surface area is 52.1 Å². The fourth-order valence-electron chi connectivity index (χ4n) is 0.314. The van der Waals surface area contributed by atoms with E-state index in [9.17, 15) is 9.59 Å². The third kappa shape index (κ3) is 2.34. The first-order chi connectivity index (χ1) is 4.09. The van der Waals surface area contributed by atoms with Crippen LogP contribution in [0.3, 0.4) is 0 Å². The number of hydrogen-bond donors (Lipinski definition) is 2. The monoisotopic (exact) mass is 132 g/mol. The number of carbonyl (C=O) groups is 2. The quantitative estimate of drug-likeness (QED) is 0.362. The van der Waals surface area contributed by atoms with Crippen molar-refractivity contribution < 1.29 is 19.8 Å². The standard InChI is InChI=1S/C5H8O4/c1-3(7)5(9)4(8)2-6/h2-4,7-8H,1H3/t3-,4+/m1/s1. The van der Waals surface area contributed by atoms with Crippen molar-refractivity contribution in [3.05, 3.63) is 0 Å². The minimum absolute atomic E-state index is 0.0784. The summed E-state index contributed by atoms with van der Waals surface area (Å²) in [4.78, 5) is 20.0. The highest BCUT2D eigenvalue weighted by molar-refractivity contribution is 5.98. The minimum Gasteiger partial charge on any atom is -0.385 e. The molecule has 0 saturated heterocycles. The van der Waals surface area contributed by atoms with Crippen LogP contribution in [0.25, 0.3) is 0 Å². The summed E-state index contributed by atoms with van der Waals surface area (Å²) >= 11 is 0. The summed E-state index contributed by atoms with van der Waals surface area (Å²) in [5.74, 6) is -0.870. The van der Waals surface area contributed by atoms with Gasteiger partial charge in [0.05, 0.1) is 0 Å². The number of carbonyl (C=O) groups excluding carboxylic acids is 2. The zero-order valence-corrected chi connectivity index (χ0v) is 4.94. The smallest absolute Gasteiger partial charge is 0.196 e. The average molecular weight is 132 g/mol. The van der Waals surface area contributed by atoms with E-state index in [1.54, 1.807) is 0 Å². The van der Waals surface area contributed by atoms with Crippen LogP contribution in [0.2, 0.25) is 0 Å². The lowest BCUT2D eigenvalue weighted by Gasteiger charge is -2.02. The molecule has 9 heavy (non-hydrogen) atoms. The van der Waals surface area contributed by atoms with Crippen LogP contribution in [0.4, 0.5) is 0 Å². The van der Waals surface area contributed by atoms with Gasteiger partial charge in [0.25, 0.3) is 0 Å². The van der Waals surface area contributed by atoms with E-state index in [4.69, 9.17) is 10.2 Å². The van der Waals surface area contributed by atoms with Crippen LogP contribution < -0.4 is 0 Å². The van der Waals surface area contributed by atoms with Crippen molar-refractivity contribution in [3.8, 4) is 0 Å². The summed E-state index contributed by atoms with van der Waals surface area (Å²) in [6.07, 6.45) is -2.87. The van der Waals surface area contributed by atoms with Gasteiger partial charge in [-0.15, -0.1) is 0 Å². The topological polar surface area (TPSA) is 74.6 Å². The molecule has 52 valence electrons. The molecule has 0 amide bonds. The predicted octanol–water partition coefficient (Wildman–Crippen LogP) is -1.50. The Hall–Kier alpha value is -0.740. The van der Waals surface area contributed by atoms with Gasteiger partial charge in [-0.3, -0.25) is 9.59 Å². The van der Waals surface area contributed by atoms with Crippen molar-refractivity contribution in [2.45, 2.75) is 19.1 Å². The molecule has 0 unspecified atom stereocenters. The normalized spacial score (nSPS) is 16.3. The first kappa shape index (κ1) is 8.26. The molecule has 0 bridgehead atoms. The van der Waals surface area contributed by atoms with E-state index in [1.807, 2.05) is 0 Å². The molecule has 2 N–H and O–H groups in total. The Bertz CT molecular complexity index is 118. The Morgan fingerprint density at radius 2 is 2.00 bits per heavy atom. The van der Waals surface area contributed by atoms with E-state index < -0.39 is 18.0 Å². The molecule has 2 atom stereocenters. The summed E-state index contributed by atoms with van der Waals surface area (Å²) in [5, 5.41) is 16.9. The van der Waals surface area contributed by atoms with Crippen molar-refractivity contribution in [3.63, 3.8) is 0 Å². The van der Waals surface area contributed by atoms with Crippen molar-refractivity contribution in [2.24, 2.45) is 0 Å². The summed E-state index contributed by atoms with van der Waals surface area (Å²) in [6, 6.07) is 0. The zero-order valence-electron chi connectivity index (χ0n) is 4.94. The number of hydrogen-bond acceptors (Lipinski definition) is 4. The van der Waals surface area contributed by atoms with Crippen LogP contribution in [0.15, 0.2) is 0 Å². The Kier molecular flexibility index (Phi) is 3.05. The second-order valence-corrected chi connectivity index (χ2v) is 1.66. The molecule has 4 heteroatoms. The predicted molar refractivity (Wildman–Crippen MR) is 28.8 cm³/mol. The van der Waals surface area contributed by atoms with Gasteiger partial charge in [-0.05, 0) is 6.92 Å². The van der Waals surface area contributed by atoms with Gasteiger partial charge in [-0.2, -0.15) is 0 Å². The van der Waals surface area contributed by atoms with Crippen molar-refractivity contribution in [1.82, 2.24) is 0 Å². The van der Waals surface area contributed by atoms with E-state index in [2.05, 4.69) is 0 Å². The third-order valence-electron chi connectivity index (χ3n) is 0.832. The maximum atomic E-state index is 10.3. The fraction of sp³-hybridized carbons (Fsp3) is 0.600. The zero-order chi connectivity index (χ0) is 7.44. The van der Waals surface area contributed by atoms with Gasteiger partial charge < -0.3 is 10.2 Å². The van der Waals surface area contributed by atoms with Crippen LogP contribution in [0, 0.1) is 0 Å².